The summed E-state index contributed by atoms with van der Waals surface area (Å²) >= 11 is 0. The number of fused-ring (bicyclic) bond motifs is 1. The summed E-state index contributed by atoms with van der Waals surface area (Å²) in [5.41, 5.74) is 2.09. The van der Waals surface area contributed by atoms with Crippen LogP contribution in [0.2, 0.25) is 0 Å². The zero-order chi connectivity index (χ0) is 22.2. The van der Waals surface area contributed by atoms with Gasteiger partial charge in [-0.2, -0.15) is 13.5 Å². The van der Waals surface area contributed by atoms with Crippen molar-refractivity contribution in [3.05, 3.63) is 60.0 Å². The van der Waals surface area contributed by atoms with Crippen molar-refractivity contribution in [1.29, 1.82) is 0 Å². The lowest BCUT2D eigenvalue weighted by Crippen LogP contribution is -2.40. The molecule has 162 valence electrons. The number of halogens is 1. The maximum atomic E-state index is 13.7. The molecule has 1 aliphatic heterocycles. The van der Waals surface area contributed by atoms with Crippen molar-refractivity contribution in [2.45, 2.75) is 0 Å². The molecule has 1 amide bonds. The number of nitrogens with one attached hydrogen (secondary N) is 2. The number of hydrogen-bond donors (Lipinski definition) is 2. The lowest BCUT2D eigenvalue weighted by molar-refractivity contribution is 0.0950. The third-order valence-corrected chi connectivity index (χ3v) is 6.80. The first kappa shape index (κ1) is 20.7. The van der Waals surface area contributed by atoms with E-state index in [4.69, 9.17) is 4.74 Å². The van der Waals surface area contributed by atoms with Gasteiger partial charge in [-0.05, 0) is 30.3 Å². The maximum Gasteiger partial charge on any atom is 0.326 e. The minimum absolute atomic E-state index is 0.0187. The number of nitrogens with zero attached hydrogens (tertiary/aromatic N) is 3. The molecule has 0 spiro atoms. The van der Waals surface area contributed by atoms with Gasteiger partial charge in [0.1, 0.15) is 17.3 Å². The average Bonchev–Trinajstić information content (AvgIpc) is 3.32. The summed E-state index contributed by atoms with van der Waals surface area (Å²) in [5.74, 6) is -0.368. The highest BCUT2D eigenvalue weighted by Gasteiger charge is 2.37. The van der Waals surface area contributed by atoms with Crippen LogP contribution in [0.25, 0.3) is 11.3 Å². The van der Waals surface area contributed by atoms with Gasteiger partial charge < -0.3 is 10.1 Å². The van der Waals surface area contributed by atoms with Crippen LogP contribution in [0.15, 0.2) is 48.5 Å². The van der Waals surface area contributed by atoms with Gasteiger partial charge in [0.25, 0.3) is 5.91 Å². The van der Waals surface area contributed by atoms with Crippen LogP contribution in [0, 0.1) is 5.82 Å². The summed E-state index contributed by atoms with van der Waals surface area (Å²) in [6.45, 7) is -0.0345. The number of benzene rings is 2. The maximum absolute atomic E-state index is 13.7. The number of amides is 1. The molecule has 0 saturated carbocycles. The van der Waals surface area contributed by atoms with E-state index in [1.165, 1.54) is 19.2 Å². The molecule has 0 radical (unpaired) electrons. The van der Waals surface area contributed by atoms with Crippen molar-refractivity contribution >= 4 is 27.5 Å². The van der Waals surface area contributed by atoms with Gasteiger partial charge in [-0.1, -0.05) is 12.1 Å². The van der Waals surface area contributed by atoms with E-state index in [0.29, 0.717) is 17.1 Å². The number of methoxy groups -OCH3 is 1. The van der Waals surface area contributed by atoms with Crippen molar-refractivity contribution in [3.63, 3.8) is 0 Å². The minimum atomic E-state index is -3.83. The molecule has 9 nitrogen and oxygen atoms in total. The van der Waals surface area contributed by atoms with Gasteiger partial charge in [-0.25, -0.2) is 8.70 Å². The predicted octanol–water partition coefficient (Wildman–Crippen LogP) is 2.16. The Balaban J connectivity index is 1.45. The number of rotatable bonds is 6. The Labute approximate surface area is 178 Å². The van der Waals surface area contributed by atoms with Crippen LogP contribution in [0.5, 0.6) is 5.75 Å². The first-order valence-corrected chi connectivity index (χ1v) is 10.8. The third kappa shape index (κ3) is 3.67. The molecule has 1 aromatic heterocycles. The summed E-state index contributed by atoms with van der Waals surface area (Å²) in [6.07, 6.45) is 0. The van der Waals surface area contributed by atoms with E-state index >= 15 is 0 Å². The van der Waals surface area contributed by atoms with Crippen molar-refractivity contribution in [1.82, 2.24) is 15.5 Å². The molecule has 3 aromatic rings. The van der Waals surface area contributed by atoms with Gasteiger partial charge in [0.15, 0.2) is 0 Å². The van der Waals surface area contributed by atoms with Gasteiger partial charge in [-0.3, -0.25) is 14.2 Å². The first-order valence-electron chi connectivity index (χ1n) is 9.36. The topological polar surface area (TPSA) is 108 Å². The van der Waals surface area contributed by atoms with E-state index in [2.05, 4.69) is 15.5 Å². The molecule has 0 bridgehead atoms. The molecule has 2 aromatic carbocycles. The van der Waals surface area contributed by atoms with Crippen LogP contribution >= 0.6 is 0 Å². The van der Waals surface area contributed by atoms with Crippen LogP contribution < -0.4 is 18.7 Å². The molecule has 0 fully saturated rings. The minimum Gasteiger partial charge on any atom is -0.496 e. The van der Waals surface area contributed by atoms with E-state index in [0.717, 1.165) is 20.2 Å². The molecule has 0 atom stereocenters. The molecule has 4 rings (SSSR count). The summed E-state index contributed by atoms with van der Waals surface area (Å²) in [5, 5.41) is 9.48. The molecule has 2 N–H and O–H groups in total. The molecular weight excluding hydrogens is 425 g/mol. The molecule has 0 aliphatic carbocycles. The second kappa shape index (κ2) is 7.91. The highest BCUT2D eigenvalue weighted by Crippen LogP contribution is 2.39. The second-order valence-corrected chi connectivity index (χ2v) is 8.69. The number of carbonyl (C=O) groups is 1. The number of ether oxygens (including phenoxy) is 1. The first-order chi connectivity index (χ1) is 14.8. The predicted molar refractivity (Wildman–Crippen MR) is 114 cm³/mol. The normalized spacial score (nSPS) is 14.4. The molecule has 11 heteroatoms. The summed E-state index contributed by atoms with van der Waals surface area (Å²) in [4.78, 5) is 12.5. The SMILES string of the molecule is COc1ccccc1-c1cc(C(=O)NCCN2c3cc(F)ccc3N(C)S2(=O)=O)[nH]n1. The highest BCUT2D eigenvalue weighted by molar-refractivity contribution is 7.94. The number of H-pyrrole nitrogens is 1. The molecule has 1 aliphatic rings. The zero-order valence-electron chi connectivity index (χ0n) is 16.8. The Kier molecular flexibility index (Phi) is 5.27. The molecule has 0 unspecified atom stereocenters. The van der Waals surface area contributed by atoms with Crippen molar-refractivity contribution in [2.75, 3.05) is 35.9 Å². The van der Waals surface area contributed by atoms with E-state index in [9.17, 15) is 17.6 Å². The largest absolute Gasteiger partial charge is 0.496 e. The number of anilines is 2. The third-order valence-electron chi connectivity index (χ3n) is 4.98. The summed E-state index contributed by atoms with van der Waals surface area (Å²) < 4.78 is 46.3. The second-order valence-electron chi connectivity index (χ2n) is 6.80. The van der Waals surface area contributed by atoms with Crippen molar-refractivity contribution in [3.8, 4) is 17.0 Å². The van der Waals surface area contributed by atoms with Crippen LogP contribution in [-0.2, 0) is 10.2 Å². The van der Waals surface area contributed by atoms with Gasteiger partial charge in [0, 0.05) is 25.2 Å². The lowest BCUT2D eigenvalue weighted by atomic mass is 10.1. The standard InChI is InChI=1S/C20H20FN5O4S/c1-25-17-8-7-13(21)11-18(17)26(31(25,28)29)10-9-22-20(27)16-12-15(23-24-16)14-5-3-4-6-19(14)30-2/h3-8,11-12H,9-10H2,1-2H3,(H,22,27)(H,23,24). The highest BCUT2D eigenvalue weighted by atomic mass is 32.2. The van der Waals surface area contributed by atoms with E-state index in [1.54, 1.807) is 19.2 Å². The zero-order valence-corrected chi connectivity index (χ0v) is 17.6. The summed E-state index contributed by atoms with van der Waals surface area (Å²) in [6, 6.07) is 12.6. The Morgan fingerprint density at radius 2 is 1.97 bits per heavy atom. The number of para-hydroxylation sites is 1. The Hall–Kier alpha value is -3.60. The van der Waals surface area contributed by atoms with Crippen LogP contribution in [0.4, 0.5) is 15.8 Å². The van der Waals surface area contributed by atoms with Crippen LogP contribution in [-0.4, -0.2) is 51.8 Å². The van der Waals surface area contributed by atoms with Gasteiger partial charge in [0.2, 0.25) is 0 Å². The fraction of sp³-hybridized carbons (Fsp3) is 0.200. The average molecular weight is 445 g/mol. The summed E-state index contributed by atoms with van der Waals surface area (Å²) in [7, 11) is -0.883. The number of hydrogen-bond acceptors (Lipinski definition) is 5. The molecule has 2 heterocycles. The van der Waals surface area contributed by atoms with Gasteiger partial charge in [-0.15, -0.1) is 0 Å². The number of carbonyl (C=O) groups excluding carboxylic acids is 1. The van der Waals surface area contributed by atoms with E-state index in [-0.39, 0.29) is 24.5 Å². The Morgan fingerprint density at radius 1 is 1.19 bits per heavy atom. The lowest BCUT2D eigenvalue weighted by Gasteiger charge is -2.19. The Morgan fingerprint density at radius 3 is 2.74 bits per heavy atom. The fourth-order valence-corrected chi connectivity index (χ4v) is 4.81. The molecule has 0 saturated heterocycles. The van der Waals surface area contributed by atoms with Crippen molar-refractivity contribution < 1.29 is 22.3 Å². The van der Waals surface area contributed by atoms with Gasteiger partial charge >= 0.3 is 10.2 Å². The van der Waals surface area contributed by atoms with Crippen LogP contribution in [0.3, 0.4) is 0 Å². The quantitative estimate of drug-likeness (QED) is 0.605. The fourth-order valence-electron chi connectivity index (χ4n) is 3.39. The number of aromatic nitrogens is 2. The Bertz CT molecular complexity index is 1240. The smallest absolute Gasteiger partial charge is 0.326 e. The number of aromatic amines is 1. The van der Waals surface area contributed by atoms with Crippen LogP contribution in [0.1, 0.15) is 10.5 Å². The molecule has 31 heavy (non-hydrogen) atoms. The monoisotopic (exact) mass is 445 g/mol. The van der Waals surface area contributed by atoms with Crippen molar-refractivity contribution in [2.24, 2.45) is 0 Å². The van der Waals surface area contributed by atoms with E-state index < -0.39 is 21.9 Å². The molecular formula is C20H20FN5O4S. The van der Waals surface area contributed by atoms with E-state index in [1.807, 2.05) is 18.2 Å². The van der Waals surface area contributed by atoms with Gasteiger partial charge in [0.05, 0.1) is 30.7 Å².